The molecule has 1 aromatic carbocycles. The molecule has 1 aliphatic carbocycles. The van der Waals surface area contributed by atoms with E-state index in [2.05, 4.69) is 45.0 Å². The van der Waals surface area contributed by atoms with Crippen molar-refractivity contribution in [2.45, 2.75) is 46.0 Å². The van der Waals surface area contributed by atoms with Gasteiger partial charge in [-0.2, -0.15) is 0 Å². The molecule has 0 saturated heterocycles. The minimum Gasteiger partial charge on any atom is -0.356 e. The van der Waals surface area contributed by atoms with E-state index in [1.165, 1.54) is 22.9 Å². The van der Waals surface area contributed by atoms with E-state index < -0.39 is 0 Å². The molecule has 0 saturated carbocycles. The second-order valence-electron chi connectivity index (χ2n) is 6.37. The first-order valence-corrected chi connectivity index (χ1v) is 6.37. The van der Waals surface area contributed by atoms with E-state index >= 15 is 0 Å². The van der Waals surface area contributed by atoms with Crippen LogP contribution in [0.15, 0.2) is 16.7 Å². The van der Waals surface area contributed by atoms with Crippen LogP contribution in [0.5, 0.6) is 0 Å². The van der Waals surface area contributed by atoms with Gasteiger partial charge in [0.1, 0.15) is 0 Å². The van der Waals surface area contributed by atoms with Crippen molar-refractivity contribution in [2.75, 3.05) is 0 Å². The standard InChI is InChI=1S/C15H19NO/c1-9-7-10-5-6-11-13(12(10)8-9)17-16-14(11)15(2,3)4/h5-6,9H,7-8H2,1-4H3/t9-/m1/s1. The average molecular weight is 229 g/mol. The Morgan fingerprint density at radius 3 is 2.71 bits per heavy atom. The molecule has 1 heterocycles. The van der Waals surface area contributed by atoms with Crippen LogP contribution in [0.25, 0.3) is 11.0 Å². The highest BCUT2D eigenvalue weighted by molar-refractivity contribution is 5.85. The van der Waals surface area contributed by atoms with Crippen LogP contribution in [0.2, 0.25) is 0 Å². The Labute approximate surface area is 102 Å². The molecule has 0 bridgehead atoms. The molecule has 0 radical (unpaired) electrons. The third kappa shape index (κ3) is 1.58. The van der Waals surface area contributed by atoms with Gasteiger partial charge in [0.05, 0.1) is 5.69 Å². The summed E-state index contributed by atoms with van der Waals surface area (Å²) in [4.78, 5) is 0. The zero-order valence-corrected chi connectivity index (χ0v) is 11.0. The predicted molar refractivity (Wildman–Crippen MR) is 69.3 cm³/mol. The monoisotopic (exact) mass is 229 g/mol. The molecule has 0 N–H and O–H groups in total. The molecule has 17 heavy (non-hydrogen) atoms. The van der Waals surface area contributed by atoms with Crippen LogP contribution in [-0.4, -0.2) is 5.16 Å². The number of nitrogens with zero attached hydrogens (tertiary/aromatic N) is 1. The number of hydrogen-bond donors (Lipinski definition) is 0. The van der Waals surface area contributed by atoms with Crippen molar-refractivity contribution in [2.24, 2.45) is 5.92 Å². The highest BCUT2D eigenvalue weighted by atomic mass is 16.5. The number of benzene rings is 1. The third-order valence-corrected chi connectivity index (χ3v) is 3.67. The van der Waals surface area contributed by atoms with E-state index in [9.17, 15) is 0 Å². The van der Waals surface area contributed by atoms with E-state index in [1.807, 2.05) is 0 Å². The summed E-state index contributed by atoms with van der Waals surface area (Å²) in [5.41, 5.74) is 4.98. The number of hydrogen-bond acceptors (Lipinski definition) is 2. The lowest BCUT2D eigenvalue weighted by Gasteiger charge is -2.14. The van der Waals surface area contributed by atoms with Crippen LogP contribution in [0, 0.1) is 5.92 Å². The Morgan fingerprint density at radius 2 is 2.00 bits per heavy atom. The second-order valence-corrected chi connectivity index (χ2v) is 6.37. The normalized spacial score (nSPS) is 19.9. The predicted octanol–water partition coefficient (Wildman–Crippen LogP) is 3.86. The summed E-state index contributed by atoms with van der Waals surface area (Å²) < 4.78 is 5.62. The summed E-state index contributed by atoms with van der Waals surface area (Å²) in [6, 6.07) is 4.44. The number of aromatic nitrogens is 1. The van der Waals surface area contributed by atoms with Gasteiger partial charge in [-0.1, -0.05) is 38.9 Å². The molecule has 3 rings (SSSR count). The lowest BCUT2D eigenvalue weighted by atomic mass is 9.89. The first kappa shape index (κ1) is 10.8. The number of fused-ring (bicyclic) bond motifs is 3. The Bertz CT molecular complexity index is 574. The van der Waals surface area contributed by atoms with Crippen molar-refractivity contribution in [3.8, 4) is 0 Å². The zero-order chi connectivity index (χ0) is 12.2. The maximum atomic E-state index is 5.62. The maximum Gasteiger partial charge on any atom is 0.170 e. The maximum absolute atomic E-state index is 5.62. The van der Waals surface area contributed by atoms with Crippen molar-refractivity contribution in [1.29, 1.82) is 0 Å². The molecule has 1 aliphatic rings. The number of rotatable bonds is 0. The van der Waals surface area contributed by atoms with Crippen molar-refractivity contribution in [1.82, 2.24) is 5.16 Å². The molecule has 2 aromatic rings. The van der Waals surface area contributed by atoms with Gasteiger partial charge in [-0.05, 0) is 30.4 Å². The molecule has 0 amide bonds. The van der Waals surface area contributed by atoms with Gasteiger partial charge in [0.15, 0.2) is 5.58 Å². The summed E-state index contributed by atoms with van der Waals surface area (Å²) in [5, 5.41) is 5.49. The molecule has 0 spiro atoms. The first-order valence-electron chi connectivity index (χ1n) is 6.37. The highest BCUT2D eigenvalue weighted by Crippen LogP contribution is 2.36. The van der Waals surface area contributed by atoms with Crippen LogP contribution < -0.4 is 0 Å². The van der Waals surface area contributed by atoms with E-state index in [1.54, 1.807) is 0 Å². The first-order chi connectivity index (χ1) is 7.97. The highest BCUT2D eigenvalue weighted by Gasteiger charge is 2.27. The Morgan fingerprint density at radius 1 is 1.24 bits per heavy atom. The third-order valence-electron chi connectivity index (χ3n) is 3.67. The molecule has 0 fully saturated rings. The molecular formula is C15H19NO. The van der Waals surface area contributed by atoms with Crippen molar-refractivity contribution in [3.05, 3.63) is 29.0 Å². The molecule has 2 nitrogen and oxygen atoms in total. The van der Waals surface area contributed by atoms with Gasteiger partial charge in [-0.25, -0.2) is 0 Å². The van der Waals surface area contributed by atoms with Gasteiger partial charge >= 0.3 is 0 Å². The quantitative estimate of drug-likeness (QED) is 0.685. The summed E-state index contributed by atoms with van der Waals surface area (Å²) >= 11 is 0. The minimum atomic E-state index is 0.0453. The fourth-order valence-electron chi connectivity index (χ4n) is 2.85. The Hall–Kier alpha value is -1.31. The van der Waals surface area contributed by atoms with Crippen LogP contribution in [0.4, 0.5) is 0 Å². The summed E-state index contributed by atoms with van der Waals surface area (Å²) in [7, 11) is 0. The second kappa shape index (κ2) is 3.34. The van der Waals surface area contributed by atoms with E-state index in [4.69, 9.17) is 4.52 Å². The molecule has 0 unspecified atom stereocenters. The fourth-order valence-corrected chi connectivity index (χ4v) is 2.85. The molecule has 2 heteroatoms. The Kier molecular flexibility index (Phi) is 2.13. The van der Waals surface area contributed by atoms with Crippen molar-refractivity contribution in [3.63, 3.8) is 0 Å². The van der Waals surface area contributed by atoms with Crippen molar-refractivity contribution < 1.29 is 4.52 Å². The van der Waals surface area contributed by atoms with E-state index in [-0.39, 0.29) is 5.41 Å². The molecule has 1 aromatic heterocycles. The summed E-state index contributed by atoms with van der Waals surface area (Å²) in [6.45, 7) is 8.84. The van der Waals surface area contributed by atoms with Crippen LogP contribution in [-0.2, 0) is 18.3 Å². The molecular weight excluding hydrogens is 210 g/mol. The molecule has 1 atom stereocenters. The topological polar surface area (TPSA) is 26.0 Å². The lowest BCUT2D eigenvalue weighted by Crippen LogP contribution is -2.11. The van der Waals surface area contributed by atoms with Crippen LogP contribution in [0.3, 0.4) is 0 Å². The minimum absolute atomic E-state index is 0.0453. The fraction of sp³-hybridized carbons (Fsp3) is 0.533. The molecule has 0 aliphatic heterocycles. The summed E-state index contributed by atoms with van der Waals surface area (Å²) in [6.07, 6.45) is 2.31. The van der Waals surface area contributed by atoms with Gasteiger partial charge in [-0.15, -0.1) is 0 Å². The SMILES string of the molecule is C[C@@H]1Cc2ccc3c(C(C)(C)C)noc3c2C1. The smallest absolute Gasteiger partial charge is 0.170 e. The van der Waals surface area contributed by atoms with Gasteiger partial charge in [-0.3, -0.25) is 0 Å². The van der Waals surface area contributed by atoms with Crippen LogP contribution >= 0.6 is 0 Å². The summed E-state index contributed by atoms with van der Waals surface area (Å²) in [5.74, 6) is 0.735. The average Bonchev–Trinajstić information content (AvgIpc) is 2.76. The lowest BCUT2D eigenvalue weighted by molar-refractivity contribution is 0.418. The van der Waals surface area contributed by atoms with E-state index in [0.717, 1.165) is 23.6 Å². The van der Waals surface area contributed by atoms with Crippen LogP contribution in [0.1, 0.15) is 44.5 Å². The van der Waals surface area contributed by atoms with Gasteiger partial charge in [0.25, 0.3) is 0 Å². The van der Waals surface area contributed by atoms with E-state index in [0.29, 0.717) is 0 Å². The van der Waals surface area contributed by atoms with Gasteiger partial charge in [0, 0.05) is 16.4 Å². The zero-order valence-electron chi connectivity index (χ0n) is 11.0. The van der Waals surface area contributed by atoms with Gasteiger partial charge in [0.2, 0.25) is 0 Å². The van der Waals surface area contributed by atoms with Crippen molar-refractivity contribution >= 4 is 11.0 Å². The van der Waals surface area contributed by atoms with Gasteiger partial charge < -0.3 is 4.52 Å². The largest absolute Gasteiger partial charge is 0.356 e. The molecule has 90 valence electrons. The Balaban J connectivity index is 2.25.